The molecule has 2 fully saturated rings. The summed E-state index contributed by atoms with van der Waals surface area (Å²) < 4.78 is 6.13. The van der Waals surface area contributed by atoms with Crippen LogP contribution in [-0.4, -0.2) is 6.61 Å². The molecule has 0 aromatic heterocycles. The van der Waals surface area contributed by atoms with Crippen LogP contribution in [0.4, 0.5) is 0 Å². The Hall–Kier alpha value is -1.49. The third-order valence-corrected chi connectivity index (χ3v) is 8.04. The molecule has 0 bridgehead atoms. The molecule has 0 radical (unpaired) electrons. The Morgan fingerprint density at radius 1 is 1.00 bits per heavy atom. The van der Waals surface area contributed by atoms with Gasteiger partial charge in [-0.3, -0.25) is 0 Å². The molecule has 0 amide bonds. The normalized spacial score (nSPS) is 26.2. The van der Waals surface area contributed by atoms with Crippen LogP contribution >= 0.6 is 0 Å². The third-order valence-electron chi connectivity index (χ3n) is 8.04. The van der Waals surface area contributed by atoms with E-state index in [4.69, 9.17) is 4.74 Å². The molecule has 2 heteroatoms. The SMILES string of the molecule is Cc1cccc(C#N)c1OCCCC1CCCCCCCC1(C)CC1CCCCC1. The Kier molecular flexibility index (Phi) is 9.10. The molecule has 30 heavy (non-hydrogen) atoms. The lowest BCUT2D eigenvalue weighted by Gasteiger charge is -2.42. The van der Waals surface area contributed by atoms with Crippen molar-refractivity contribution < 1.29 is 4.74 Å². The van der Waals surface area contributed by atoms with Gasteiger partial charge in [-0.15, -0.1) is 0 Å². The van der Waals surface area contributed by atoms with Gasteiger partial charge in [0.1, 0.15) is 11.8 Å². The standard InChI is InChI=1S/C28H43NO/c1-23-13-11-16-25(22-29)27(23)30-20-12-18-26-17-9-4-3-5-10-19-28(26,2)21-24-14-7-6-8-15-24/h11,13,16,24,26H,3-10,12,14-15,17-21H2,1-2H3. The lowest BCUT2D eigenvalue weighted by molar-refractivity contribution is 0.0891. The Labute approximate surface area is 185 Å². The quantitative estimate of drug-likeness (QED) is 0.424. The summed E-state index contributed by atoms with van der Waals surface area (Å²) in [5.74, 6) is 2.58. The van der Waals surface area contributed by atoms with Crippen LogP contribution in [0.25, 0.3) is 0 Å². The maximum Gasteiger partial charge on any atom is 0.139 e. The van der Waals surface area contributed by atoms with E-state index in [-0.39, 0.29) is 0 Å². The topological polar surface area (TPSA) is 33.0 Å². The minimum absolute atomic E-state index is 0.507. The largest absolute Gasteiger partial charge is 0.492 e. The van der Waals surface area contributed by atoms with Gasteiger partial charge in [0, 0.05) is 0 Å². The lowest BCUT2D eigenvalue weighted by atomic mass is 9.64. The average Bonchev–Trinajstić information content (AvgIpc) is 2.83. The van der Waals surface area contributed by atoms with Crippen LogP contribution in [0.1, 0.15) is 114 Å². The molecule has 1 aromatic rings. The van der Waals surface area contributed by atoms with Crippen LogP contribution in [0, 0.1) is 35.5 Å². The predicted octanol–water partition coefficient (Wildman–Crippen LogP) is 8.36. The van der Waals surface area contributed by atoms with Crippen LogP contribution in [0.2, 0.25) is 0 Å². The Morgan fingerprint density at radius 3 is 2.50 bits per heavy atom. The summed E-state index contributed by atoms with van der Waals surface area (Å²) in [6.45, 7) is 5.40. The van der Waals surface area contributed by atoms with E-state index in [9.17, 15) is 5.26 Å². The van der Waals surface area contributed by atoms with E-state index < -0.39 is 0 Å². The van der Waals surface area contributed by atoms with Crippen molar-refractivity contribution >= 4 is 0 Å². The molecule has 0 spiro atoms. The second kappa shape index (κ2) is 11.8. The Bertz CT molecular complexity index is 684. The van der Waals surface area contributed by atoms with Crippen molar-refractivity contribution in [2.24, 2.45) is 17.3 Å². The number of rotatable bonds is 7. The van der Waals surface area contributed by atoms with E-state index >= 15 is 0 Å². The van der Waals surface area contributed by atoms with Crippen molar-refractivity contribution in [2.75, 3.05) is 6.61 Å². The van der Waals surface area contributed by atoms with Gasteiger partial charge in [-0.2, -0.15) is 5.26 Å². The molecule has 166 valence electrons. The van der Waals surface area contributed by atoms with Crippen LogP contribution in [0.3, 0.4) is 0 Å². The highest BCUT2D eigenvalue weighted by atomic mass is 16.5. The van der Waals surface area contributed by atoms with Crippen molar-refractivity contribution in [3.63, 3.8) is 0 Å². The summed E-state index contributed by atoms with van der Waals surface area (Å²) in [7, 11) is 0. The first-order valence-corrected chi connectivity index (χ1v) is 12.7. The van der Waals surface area contributed by atoms with E-state index in [1.54, 1.807) is 0 Å². The smallest absolute Gasteiger partial charge is 0.139 e. The van der Waals surface area contributed by atoms with E-state index in [2.05, 4.69) is 13.0 Å². The van der Waals surface area contributed by atoms with Crippen molar-refractivity contribution in [2.45, 2.75) is 110 Å². The molecule has 2 nitrogen and oxygen atoms in total. The zero-order chi connectivity index (χ0) is 21.2. The van der Waals surface area contributed by atoms with Crippen LogP contribution in [-0.2, 0) is 0 Å². The second-order valence-electron chi connectivity index (χ2n) is 10.4. The molecule has 2 atom stereocenters. The van der Waals surface area contributed by atoms with E-state index in [0.717, 1.165) is 36.2 Å². The van der Waals surface area contributed by atoms with Gasteiger partial charge in [-0.1, -0.05) is 83.3 Å². The molecule has 2 saturated carbocycles. The van der Waals surface area contributed by atoms with E-state index in [0.29, 0.717) is 11.0 Å². The molecule has 0 aliphatic heterocycles. The molecule has 1 aromatic carbocycles. The minimum atomic E-state index is 0.507. The van der Waals surface area contributed by atoms with Crippen molar-refractivity contribution in [3.05, 3.63) is 29.3 Å². The summed E-state index contributed by atoms with van der Waals surface area (Å²) in [5.41, 5.74) is 2.24. The summed E-state index contributed by atoms with van der Waals surface area (Å²) in [6.07, 6.45) is 21.1. The number of para-hydroxylation sites is 1. The molecular weight excluding hydrogens is 366 g/mol. The second-order valence-corrected chi connectivity index (χ2v) is 10.4. The highest BCUT2D eigenvalue weighted by Gasteiger charge is 2.36. The van der Waals surface area contributed by atoms with Crippen molar-refractivity contribution in [1.29, 1.82) is 5.26 Å². The van der Waals surface area contributed by atoms with Gasteiger partial charge in [0.15, 0.2) is 0 Å². The first-order chi connectivity index (χ1) is 14.6. The van der Waals surface area contributed by atoms with Crippen molar-refractivity contribution in [3.8, 4) is 11.8 Å². The maximum atomic E-state index is 9.38. The van der Waals surface area contributed by atoms with Gasteiger partial charge >= 0.3 is 0 Å². The van der Waals surface area contributed by atoms with Crippen LogP contribution < -0.4 is 4.74 Å². The fourth-order valence-electron chi connectivity index (χ4n) is 6.25. The Balaban J connectivity index is 1.60. The van der Waals surface area contributed by atoms with Gasteiger partial charge < -0.3 is 4.74 Å². The average molecular weight is 410 g/mol. The summed E-state index contributed by atoms with van der Waals surface area (Å²) in [5, 5.41) is 9.38. The first-order valence-electron chi connectivity index (χ1n) is 12.7. The third kappa shape index (κ3) is 6.50. The number of ether oxygens (including phenoxy) is 1. The summed E-state index contributed by atoms with van der Waals surface area (Å²) >= 11 is 0. The molecule has 0 saturated heterocycles. The minimum Gasteiger partial charge on any atom is -0.492 e. The van der Waals surface area contributed by atoms with E-state index in [1.807, 2.05) is 25.1 Å². The predicted molar refractivity (Wildman–Crippen MR) is 126 cm³/mol. The maximum absolute atomic E-state index is 9.38. The van der Waals surface area contributed by atoms with Crippen LogP contribution in [0.5, 0.6) is 5.75 Å². The number of nitriles is 1. The fourth-order valence-corrected chi connectivity index (χ4v) is 6.25. The number of nitrogens with zero attached hydrogens (tertiary/aromatic N) is 1. The summed E-state index contributed by atoms with van der Waals surface area (Å²) in [6, 6.07) is 8.12. The van der Waals surface area contributed by atoms with Gasteiger partial charge in [0.05, 0.1) is 12.2 Å². The van der Waals surface area contributed by atoms with Crippen molar-refractivity contribution in [1.82, 2.24) is 0 Å². The molecule has 2 aliphatic rings. The monoisotopic (exact) mass is 409 g/mol. The molecule has 0 heterocycles. The number of benzene rings is 1. The zero-order valence-corrected chi connectivity index (χ0v) is 19.6. The van der Waals surface area contributed by atoms with Gasteiger partial charge in [-0.05, 0) is 67.9 Å². The molecule has 2 aliphatic carbocycles. The lowest BCUT2D eigenvalue weighted by Crippen LogP contribution is -2.31. The number of hydrogen-bond donors (Lipinski definition) is 0. The molecular formula is C28H43NO. The first kappa shape index (κ1) is 23.2. The molecule has 2 unspecified atom stereocenters. The molecule has 0 N–H and O–H groups in total. The summed E-state index contributed by atoms with van der Waals surface area (Å²) in [4.78, 5) is 0. The highest BCUT2D eigenvalue weighted by molar-refractivity contribution is 5.47. The van der Waals surface area contributed by atoms with Crippen LogP contribution in [0.15, 0.2) is 18.2 Å². The van der Waals surface area contributed by atoms with Gasteiger partial charge in [-0.25, -0.2) is 0 Å². The Morgan fingerprint density at radius 2 is 1.70 bits per heavy atom. The van der Waals surface area contributed by atoms with Gasteiger partial charge in [0.25, 0.3) is 0 Å². The number of aryl methyl sites for hydroxylation is 1. The highest BCUT2D eigenvalue weighted by Crippen LogP contribution is 2.47. The fraction of sp³-hybridized carbons (Fsp3) is 0.750. The number of hydrogen-bond acceptors (Lipinski definition) is 2. The zero-order valence-electron chi connectivity index (χ0n) is 19.6. The molecule has 3 rings (SSSR count). The van der Waals surface area contributed by atoms with E-state index in [1.165, 1.54) is 89.9 Å². The van der Waals surface area contributed by atoms with Gasteiger partial charge in [0.2, 0.25) is 0 Å².